The molecule has 1 heterocycles. The standard InChI is InChI=1S/C16H12BrClN2/c17-13-4-5-14(18)16(9-13)20-10-11-3-6-15-12(8-11)2-1-7-19-15/h1-9,20H,10H2. The summed E-state index contributed by atoms with van der Waals surface area (Å²) < 4.78 is 1.01. The zero-order valence-corrected chi connectivity index (χ0v) is 12.9. The zero-order valence-electron chi connectivity index (χ0n) is 10.6. The number of pyridine rings is 1. The molecular formula is C16H12BrClN2. The van der Waals surface area contributed by atoms with Crippen LogP contribution in [0.5, 0.6) is 0 Å². The number of nitrogens with zero attached hydrogens (tertiary/aromatic N) is 1. The maximum Gasteiger partial charge on any atom is 0.0702 e. The molecule has 0 aliphatic carbocycles. The molecule has 0 fully saturated rings. The van der Waals surface area contributed by atoms with Crippen LogP contribution in [0, 0.1) is 0 Å². The predicted octanol–water partition coefficient (Wildman–Crippen LogP) is 5.26. The van der Waals surface area contributed by atoms with Crippen LogP contribution in [-0.2, 0) is 6.54 Å². The van der Waals surface area contributed by atoms with Gasteiger partial charge in [0.2, 0.25) is 0 Å². The van der Waals surface area contributed by atoms with Crippen LogP contribution in [0.4, 0.5) is 5.69 Å². The van der Waals surface area contributed by atoms with Gasteiger partial charge in [-0.1, -0.05) is 39.7 Å². The van der Waals surface area contributed by atoms with E-state index in [1.807, 2.05) is 36.5 Å². The van der Waals surface area contributed by atoms with Gasteiger partial charge in [0.05, 0.1) is 16.2 Å². The van der Waals surface area contributed by atoms with Crippen LogP contribution in [0.1, 0.15) is 5.56 Å². The van der Waals surface area contributed by atoms with Crippen molar-refractivity contribution in [2.24, 2.45) is 0 Å². The number of fused-ring (bicyclic) bond motifs is 1. The van der Waals surface area contributed by atoms with Crippen LogP contribution in [0.25, 0.3) is 10.9 Å². The van der Waals surface area contributed by atoms with Gasteiger partial charge >= 0.3 is 0 Å². The second-order valence-electron chi connectivity index (χ2n) is 4.51. The number of hydrogen-bond donors (Lipinski definition) is 1. The van der Waals surface area contributed by atoms with Crippen LogP contribution in [-0.4, -0.2) is 4.98 Å². The first kappa shape index (κ1) is 13.4. The van der Waals surface area contributed by atoms with Crippen molar-refractivity contribution in [2.75, 3.05) is 5.32 Å². The molecule has 0 amide bonds. The Bertz CT molecular complexity index is 758. The van der Waals surface area contributed by atoms with E-state index in [1.165, 1.54) is 5.56 Å². The molecule has 20 heavy (non-hydrogen) atoms. The normalized spacial score (nSPS) is 10.7. The van der Waals surface area contributed by atoms with E-state index in [1.54, 1.807) is 0 Å². The molecule has 2 aromatic carbocycles. The van der Waals surface area contributed by atoms with E-state index in [0.717, 1.165) is 32.6 Å². The van der Waals surface area contributed by atoms with Gasteiger partial charge < -0.3 is 5.32 Å². The average molecular weight is 348 g/mol. The van der Waals surface area contributed by atoms with E-state index >= 15 is 0 Å². The minimum Gasteiger partial charge on any atom is -0.380 e. The molecule has 0 radical (unpaired) electrons. The monoisotopic (exact) mass is 346 g/mol. The number of rotatable bonds is 3. The fourth-order valence-electron chi connectivity index (χ4n) is 2.07. The summed E-state index contributed by atoms with van der Waals surface area (Å²) >= 11 is 9.61. The third-order valence-corrected chi connectivity index (χ3v) is 3.90. The molecule has 0 unspecified atom stereocenters. The van der Waals surface area contributed by atoms with Gasteiger partial charge in [-0.15, -0.1) is 0 Å². The second kappa shape index (κ2) is 5.81. The third-order valence-electron chi connectivity index (χ3n) is 3.08. The molecular weight excluding hydrogens is 336 g/mol. The van der Waals surface area contributed by atoms with Crippen molar-refractivity contribution in [1.29, 1.82) is 0 Å². The van der Waals surface area contributed by atoms with Gasteiger partial charge in [0, 0.05) is 22.6 Å². The number of anilines is 1. The summed E-state index contributed by atoms with van der Waals surface area (Å²) in [5.41, 5.74) is 3.13. The van der Waals surface area contributed by atoms with Crippen LogP contribution in [0.3, 0.4) is 0 Å². The molecule has 2 nitrogen and oxygen atoms in total. The van der Waals surface area contributed by atoms with Gasteiger partial charge in [-0.25, -0.2) is 0 Å². The highest BCUT2D eigenvalue weighted by molar-refractivity contribution is 9.10. The van der Waals surface area contributed by atoms with Gasteiger partial charge in [-0.3, -0.25) is 4.98 Å². The van der Waals surface area contributed by atoms with Crippen molar-refractivity contribution in [3.05, 3.63) is 69.8 Å². The first-order valence-corrected chi connectivity index (χ1v) is 7.42. The molecule has 4 heteroatoms. The summed E-state index contributed by atoms with van der Waals surface area (Å²) in [6, 6.07) is 16.0. The predicted molar refractivity (Wildman–Crippen MR) is 88.2 cm³/mol. The molecule has 0 atom stereocenters. The highest BCUT2D eigenvalue weighted by atomic mass is 79.9. The molecule has 0 aliphatic rings. The van der Waals surface area contributed by atoms with Crippen molar-refractivity contribution in [1.82, 2.24) is 4.98 Å². The van der Waals surface area contributed by atoms with E-state index in [9.17, 15) is 0 Å². The molecule has 1 aromatic heterocycles. The molecule has 0 aliphatic heterocycles. The van der Waals surface area contributed by atoms with E-state index in [0.29, 0.717) is 0 Å². The Morgan fingerprint density at radius 2 is 2.00 bits per heavy atom. The van der Waals surface area contributed by atoms with Crippen LogP contribution < -0.4 is 5.32 Å². The van der Waals surface area contributed by atoms with E-state index in [2.05, 4.69) is 44.4 Å². The molecule has 0 spiro atoms. The molecule has 3 aromatic rings. The van der Waals surface area contributed by atoms with Crippen molar-refractivity contribution in [3.63, 3.8) is 0 Å². The number of nitrogens with one attached hydrogen (secondary N) is 1. The lowest BCUT2D eigenvalue weighted by atomic mass is 10.1. The van der Waals surface area contributed by atoms with Gasteiger partial charge in [-0.05, 0) is 42.0 Å². The smallest absolute Gasteiger partial charge is 0.0702 e. The van der Waals surface area contributed by atoms with E-state index < -0.39 is 0 Å². The summed E-state index contributed by atoms with van der Waals surface area (Å²) in [5, 5.41) is 5.22. The van der Waals surface area contributed by atoms with Crippen LogP contribution in [0.2, 0.25) is 5.02 Å². The molecule has 100 valence electrons. The number of aromatic nitrogens is 1. The Balaban J connectivity index is 1.81. The second-order valence-corrected chi connectivity index (χ2v) is 5.83. The fourth-order valence-corrected chi connectivity index (χ4v) is 2.61. The summed E-state index contributed by atoms with van der Waals surface area (Å²) in [6.07, 6.45) is 1.81. The van der Waals surface area contributed by atoms with Gasteiger partial charge in [0.1, 0.15) is 0 Å². The molecule has 3 rings (SSSR count). The summed E-state index contributed by atoms with van der Waals surface area (Å²) in [5.74, 6) is 0. The summed E-state index contributed by atoms with van der Waals surface area (Å²) in [4.78, 5) is 4.32. The van der Waals surface area contributed by atoms with Gasteiger partial charge in [0.25, 0.3) is 0 Å². The lowest BCUT2D eigenvalue weighted by Crippen LogP contribution is -2.00. The van der Waals surface area contributed by atoms with Crippen molar-refractivity contribution < 1.29 is 0 Å². The highest BCUT2D eigenvalue weighted by Crippen LogP contribution is 2.26. The van der Waals surface area contributed by atoms with Crippen molar-refractivity contribution in [3.8, 4) is 0 Å². The van der Waals surface area contributed by atoms with Crippen molar-refractivity contribution >= 4 is 44.1 Å². The Hall–Kier alpha value is -1.58. The minimum absolute atomic E-state index is 0.718. The quantitative estimate of drug-likeness (QED) is 0.699. The maximum absolute atomic E-state index is 6.16. The van der Waals surface area contributed by atoms with Crippen molar-refractivity contribution in [2.45, 2.75) is 6.54 Å². The Kier molecular flexibility index (Phi) is 3.90. The molecule has 0 bridgehead atoms. The topological polar surface area (TPSA) is 24.9 Å². The lowest BCUT2D eigenvalue weighted by molar-refractivity contribution is 1.15. The van der Waals surface area contributed by atoms with Gasteiger partial charge in [-0.2, -0.15) is 0 Å². The number of benzene rings is 2. The van der Waals surface area contributed by atoms with E-state index in [4.69, 9.17) is 11.6 Å². The number of halogens is 2. The minimum atomic E-state index is 0.718. The van der Waals surface area contributed by atoms with Gasteiger partial charge in [0.15, 0.2) is 0 Å². The molecule has 0 saturated heterocycles. The number of hydrogen-bond acceptors (Lipinski definition) is 2. The summed E-state index contributed by atoms with van der Waals surface area (Å²) in [6.45, 7) is 0.723. The lowest BCUT2D eigenvalue weighted by Gasteiger charge is -2.09. The SMILES string of the molecule is Clc1ccc(Br)cc1NCc1ccc2ncccc2c1. The first-order chi connectivity index (χ1) is 9.72. The average Bonchev–Trinajstić information content (AvgIpc) is 2.48. The summed E-state index contributed by atoms with van der Waals surface area (Å²) in [7, 11) is 0. The van der Waals surface area contributed by atoms with Crippen LogP contribution in [0.15, 0.2) is 59.2 Å². The van der Waals surface area contributed by atoms with E-state index in [-0.39, 0.29) is 0 Å². The maximum atomic E-state index is 6.16. The third kappa shape index (κ3) is 2.94. The Morgan fingerprint density at radius 1 is 1.10 bits per heavy atom. The molecule has 1 N–H and O–H groups in total. The zero-order chi connectivity index (χ0) is 13.9. The first-order valence-electron chi connectivity index (χ1n) is 6.25. The van der Waals surface area contributed by atoms with Crippen LogP contribution >= 0.6 is 27.5 Å². The Morgan fingerprint density at radius 3 is 2.90 bits per heavy atom. The highest BCUT2D eigenvalue weighted by Gasteiger charge is 2.02. The molecule has 0 saturated carbocycles. The Labute approximate surface area is 130 Å². The largest absolute Gasteiger partial charge is 0.380 e. The fraction of sp³-hybridized carbons (Fsp3) is 0.0625.